The largest absolute Gasteiger partial charge is 0.444 e. The van der Waals surface area contributed by atoms with Gasteiger partial charge >= 0.3 is 12.2 Å². The number of piperidine rings is 2. The fraction of sp³-hybridized carbons (Fsp3) is 0.559. The van der Waals surface area contributed by atoms with Gasteiger partial charge in [0.1, 0.15) is 17.5 Å². The fourth-order valence-electron chi connectivity index (χ4n) is 5.46. The van der Waals surface area contributed by atoms with Crippen molar-refractivity contribution in [3.63, 3.8) is 0 Å². The molecule has 2 fully saturated rings. The number of benzene rings is 2. The van der Waals surface area contributed by atoms with Crippen LogP contribution in [-0.4, -0.2) is 77.4 Å². The van der Waals surface area contributed by atoms with Crippen LogP contribution in [0.25, 0.3) is 0 Å². The van der Waals surface area contributed by atoms with E-state index in [9.17, 15) is 19.5 Å². The van der Waals surface area contributed by atoms with Crippen LogP contribution in [0.2, 0.25) is 10.0 Å². The Balaban J connectivity index is 0.000000240. The van der Waals surface area contributed by atoms with Crippen LogP contribution in [0.3, 0.4) is 0 Å². The standard InChI is InChI=1S/C17H24ClNO3.C17H22ClNO3/c2*1-16(2,3)22-15(21)19-10-8-17(12-20,9-11-19)13-4-6-14(18)7-5-13/h4-7,20H,8-12H2,1-3H3;4-7,12H,8-11H2,1-3H3. The van der Waals surface area contributed by atoms with Crippen molar-refractivity contribution in [1.82, 2.24) is 9.80 Å². The lowest BCUT2D eigenvalue weighted by atomic mass is 9.73. The van der Waals surface area contributed by atoms with Crippen molar-refractivity contribution in [3.8, 4) is 0 Å². The number of aldehydes is 1. The molecule has 242 valence electrons. The van der Waals surface area contributed by atoms with Gasteiger partial charge in [0.05, 0.1) is 12.0 Å². The van der Waals surface area contributed by atoms with Crippen LogP contribution in [0.15, 0.2) is 48.5 Å². The molecule has 1 N–H and O–H groups in total. The highest BCUT2D eigenvalue weighted by Gasteiger charge is 2.39. The third-order valence-corrected chi connectivity index (χ3v) is 8.59. The predicted molar refractivity (Wildman–Crippen MR) is 173 cm³/mol. The molecule has 2 amide bonds. The van der Waals surface area contributed by atoms with Gasteiger partial charge in [0, 0.05) is 41.6 Å². The number of rotatable bonds is 4. The highest BCUT2D eigenvalue weighted by Crippen LogP contribution is 2.37. The van der Waals surface area contributed by atoms with E-state index in [1.165, 1.54) is 0 Å². The van der Waals surface area contributed by atoms with Gasteiger partial charge in [-0.2, -0.15) is 0 Å². The van der Waals surface area contributed by atoms with Crippen molar-refractivity contribution < 1.29 is 29.0 Å². The highest BCUT2D eigenvalue weighted by molar-refractivity contribution is 6.30. The number of halogens is 2. The zero-order valence-electron chi connectivity index (χ0n) is 26.7. The van der Waals surface area contributed by atoms with Crippen LogP contribution >= 0.6 is 23.2 Å². The molecule has 0 aliphatic carbocycles. The van der Waals surface area contributed by atoms with Gasteiger partial charge in [-0.25, -0.2) is 9.59 Å². The fourth-order valence-corrected chi connectivity index (χ4v) is 5.71. The Morgan fingerprint density at radius 2 is 1.09 bits per heavy atom. The zero-order chi connectivity index (χ0) is 32.8. The molecule has 0 aromatic heterocycles. The number of hydrogen-bond donors (Lipinski definition) is 1. The van der Waals surface area contributed by atoms with E-state index in [0.717, 1.165) is 17.4 Å². The lowest BCUT2D eigenvalue weighted by Gasteiger charge is -2.41. The molecular weight excluding hydrogens is 603 g/mol. The van der Waals surface area contributed by atoms with Crippen molar-refractivity contribution in [2.24, 2.45) is 0 Å². The predicted octanol–water partition coefficient (Wildman–Crippen LogP) is 7.41. The van der Waals surface area contributed by atoms with Gasteiger partial charge < -0.3 is 29.2 Å². The summed E-state index contributed by atoms with van der Waals surface area (Å²) < 4.78 is 10.8. The first-order valence-corrected chi connectivity index (χ1v) is 15.8. The van der Waals surface area contributed by atoms with E-state index in [4.69, 9.17) is 32.7 Å². The minimum Gasteiger partial charge on any atom is -0.444 e. The molecule has 8 nitrogen and oxygen atoms in total. The first-order chi connectivity index (χ1) is 20.5. The molecule has 2 heterocycles. The topological polar surface area (TPSA) is 96.4 Å². The van der Waals surface area contributed by atoms with Crippen LogP contribution in [0.5, 0.6) is 0 Å². The van der Waals surface area contributed by atoms with Gasteiger partial charge in [-0.05, 0) is 103 Å². The van der Waals surface area contributed by atoms with Crippen LogP contribution in [0, 0.1) is 0 Å². The summed E-state index contributed by atoms with van der Waals surface area (Å²) in [7, 11) is 0. The van der Waals surface area contributed by atoms with Crippen molar-refractivity contribution in [3.05, 3.63) is 69.7 Å². The lowest BCUT2D eigenvalue weighted by molar-refractivity contribution is -0.114. The summed E-state index contributed by atoms with van der Waals surface area (Å²) in [6.07, 6.45) is 3.02. The molecule has 4 rings (SSSR count). The first kappa shape index (κ1) is 35.7. The third kappa shape index (κ3) is 9.59. The number of carbonyl (C=O) groups is 3. The maximum atomic E-state index is 12.1. The molecule has 10 heteroatoms. The van der Waals surface area contributed by atoms with Crippen molar-refractivity contribution >= 4 is 41.7 Å². The van der Waals surface area contributed by atoms with E-state index in [1.807, 2.05) is 77.9 Å². The van der Waals surface area contributed by atoms with E-state index in [1.54, 1.807) is 21.9 Å². The average molecular weight is 650 g/mol. The molecule has 2 aliphatic rings. The van der Waals surface area contributed by atoms with E-state index < -0.39 is 16.6 Å². The molecule has 0 atom stereocenters. The summed E-state index contributed by atoms with van der Waals surface area (Å²) in [5, 5.41) is 11.2. The summed E-state index contributed by atoms with van der Waals surface area (Å²) in [6, 6.07) is 15.0. The van der Waals surface area contributed by atoms with Gasteiger partial charge in [-0.3, -0.25) is 0 Å². The molecule has 0 radical (unpaired) electrons. The number of aliphatic hydroxyl groups excluding tert-OH is 1. The molecule has 0 unspecified atom stereocenters. The maximum absolute atomic E-state index is 12.1. The van der Waals surface area contributed by atoms with Crippen molar-refractivity contribution in [2.45, 2.75) is 89.3 Å². The van der Waals surface area contributed by atoms with Gasteiger partial charge in [-0.1, -0.05) is 47.5 Å². The number of carbonyl (C=O) groups excluding carboxylic acids is 3. The Labute approximate surface area is 271 Å². The second kappa shape index (κ2) is 14.5. The molecule has 0 spiro atoms. The van der Waals surface area contributed by atoms with Gasteiger partial charge in [-0.15, -0.1) is 0 Å². The number of nitrogens with zero attached hydrogens (tertiary/aromatic N) is 2. The molecular formula is C34H46Cl2N2O6. The number of hydrogen-bond acceptors (Lipinski definition) is 6. The SMILES string of the molecule is CC(C)(C)OC(=O)N1CCC(C=O)(c2ccc(Cl)cc2)CC1.CC(C)(C)OC(=O)N1CCC(CO)(c2ccc(Cl)cc2)CC1. The smallest absolute Gasteiger partial charge is 0.410 e. The Kier molecular flexibility index (Phi) is 11.8. The summed E-state index contributed by atoms with van der Waals surface area (Å²) >= 11 is 11.8. The number of amides is 2. The van der Waals surface area contributed by atoms with E-state index in [-0.39, 0.29) is 24.2 Å². The lowest BCUT2D eigenvalue weighted by Crippen LogP contribution is -2.48. The molecule has 0 saturated carbocycles. The Morgan fingerprint density at radius 1 is 0.727 bits per heavy atom. The van der Waals surface area contributed by atoms with Crippen molar-refractivity contribution in [1.29, 1.82) is 0 Å². The van der Waals surface area contributed by atoms with Gasteiger partial charge in [0.2, 0.25) is 0 Å². The molecule has 44 heavy (non-hydrogen) atoms. The van der Waals surface area contributed by atoms with Crippen molar-refractivity contribution in [2.75, 3.05) is 32.8 Å². The molecule has 2 aromatic carbocycles. The summed E-state index contributed by atoms with van der Waals surface area (Å²) in [5.74, 6) is 0. The minimum atomic E-state index is -0.539. The number of likely N-dealkylation sites (tertiary alicyclic amines) is 2. The quantitative estimate of drug-likeness (QED) is 0.347. The van der Waals surface area contributed by atoms with Crippen LogP contribution < -0.4 is 0 Å². The normalized spacial score (nSPS) is 18.0. The van der Waals surface area contributed by atoms with E-state index >= 15 is 0 Å². The third-order valence-electron chi connectivity index (χ3n) is 8.08. The zero-order valence-corrected chi connectivity index (χ0v) is 28.2. The molecule has 0 bridgehead atoms. The van der Waals surface area contributed by atoms with E-state index in [0.29, 0.717) is 61.9 Å². The average Bonchev–Trinajstić information content (AvgIpc) is 2.96. The van der Waals surface area contributed by atoms with Crippen LogP contribution in [0.4, 0.5) is 9.59 Å². The second-order valence-corrected chi connectivity index (χ2v) is 14.5. The first-order valence-electron chi connectivity index (χ1n) is 15.1. The minimum absolute atomic E-state index is 0.0663. The summed E-state index contributed by atoms with van der Waals surface area (Å²) in [6.45, 7) is 13.4. The van der Waals surface area contributed by atoms with Gasteiger partial charge in [0.25, 0.3) is 0 Å². The molecule has 2 aromatic rings. The number of aliphatic hydroxyl groups is 1. The Morgan fingerprint density at radius 3 is 1.43 bits per heavy atom. The monoisotopic (exact) mass is 648 g/mol. The second-order valence-electron chi connectivity index (χ2n) is 13.7. The highest BCUT2D eigenvalue weighted by atomic mass is 35.5. The van der Waals surface area contributed by atoms with E-state index in [2.05, 4.69) is 0 Å². The summed E-state index contributed by atoms with van der Waals surface area (Å²) in [5.41, 5.74) is 0.191. The maximum Gasteiger partial charge on any atom is 0.410 e. The molecule has 2 aliphatic heterocycles. The molecule has 2 saturated heterocycles. The van der Waals surface area contributed by atoms with Crippen LogP contribution in [0.1, 0.15) is 78.4 Å². The van der Waals surface area contributed by atoms with Crippen LogP contribution in [-0.2, 0) is 25.1 Å². The number of ether oxygens (including phenoxy) is 2. The van der Waals surface area contributed by atoms with Gasteiger partial charge in [0.15, 0.2) is 0 Å². The summed E-state index contributed by atoms with van der Waals surface area (Å²) in [4.78, 5) is 39.3. The Hall–Kier alpha value is -2.81. The Bertz CT molecular complexity index is 1250.